The van der Waals surface area contributed by atoms with E-state index in [4.69, 9.17) is 4.74 Å². The van der Waals surface area contributed by atoms with Crippen molar-refractivity contribution in [3.8, 4) is 5.75 Å². The number of nitrogens with one attached hydrogen (secondary N) is 1. The second-order valence-electron chi connectivity index (χ2n) is 6.27. The minimum atomic E-state index is -3.65. The predicted molar refractivity (Wildman–Crippen MR) is 99.9 cm³/mol. The fourth-order valence-corrected chi connectivity index (χ4v) is 4.16. The van der Waals surface area contributed by atoms with Crippen LogP contribution in [0.15, 0.2) is 53.4 Å². The fraction of sp³-hybridized carbons (Fsp3) is 0.316. The number of amides is 1. The van der Waals surface area contributed by atoms with E-state index < -0.39 is 16.1 Å². The highest BCUT2D eigenvalue weighted by atomic mass is 32.2. The molecule has 0 aromatic heterocycles. The molecule has 0 unspecified atom stereocenters. The highest BCUT2D eigenvalue weighted by Crippen LogP contribution is 2.25. The molecule has 138 valence electrons. The van der Waals surface area contributed by atoms with Crippen molar-refractivity contribution in [3.05, 3.63) is 54.1 Å². The van der Waals surface area contributed by atoms with Gasteiger partial charge < -0.3 is 9.64 Å². The second-order valence-corrected chi connectivity index (χ2v) is 7.98. The molecule has 1 N–H and O–H groups in total. The number of aryl methyl sites for hydroxylation is 1. The van der Waals surface area contributed by atoms with Gasteiger partial charge in [-0.1, -0.05) is 17.7 Å². The van der Waals surface area contributed by atoms with E-state index in [1.807, 2.05) is 13.8 Å². The summed E-state index contributed by atoms with van der Waals surface area (Å²) < 4.78 is 33.1. The summed E-state index contributed by atoms with van der Waals surface area (Å²) >= 11 is 0. The van der Waals surface area contributed by atoms with Gasteiger partial charge in [0.25, 0.3) is 0 Å². The van der Waals surface area contributed by atoms with Crippen LogP contribution in [-0.4, -0.2) is 33.5 Å². The van der Waals surface area contributed by atoms with Crippen LogP contribution in [0.4, 0.5) is 5.69 Å². The van der Waals surface area contributed by atoms with Crippen LogP contribution in [-0.2, 0) is 14.8 Å². The van der Waals surface area contributed by atoms with Gasteiger partial charge in [0.05, 0.1) is 11.5 Å². The number of rotatable bonds is 6. The van der Waals surface area contributed by atoms with E-state index in [1.54, 1.807) is 53.4 Å². The SMILES string of the molecule is CCOc1ccc(N2C[C@@H](NS(=O)(=O)c3ccc(C)cc3)CC2=O)cc1. The van der Waals surface area contributed by atoms with E-state index in [0.717, 1.165) is 17.0 Å². The predicted octanol–water partition coefficient (Wildman–Crippen LogP) is 2.48. The number of hydrogen-bond acceptors (Lipinski definition) is 4. The molecule has 1 atom stereocenters. The van der Waals surface area contributed by atoms with Crippen LogP contribution in [0.25, 0.3) is 0 Å². The first-order valence-electron chi connectivity index (χ1n) is 8.51. The maximum absolute atomic E-state index is 12.5. The van der Waals surface area contributed by atoms with Crippen LogP contribution in [0.3, 0.4) is 0 Å². The Balaban J connectivity index is 1.70. The Morgan fingerprint density at radius 3 is 2.38 bits per heavy atom. The summed E-state index contributed by atoms with van der Waals surface area (Å²) in [6.45, 7) is 4.68. The van der Waals surface area contributed by atoms with Crippen molar-refractivity contribution in [2.24, 2.45) is 0 Å². The molecule has 26 heavy (non-hydrogen) atoms. The van der Waals surface area contributed by atoms with Gasteiger partial charge in [-0.05, 0) is 50.2 Å². The molecule has 2 aromatic carbocycles. The molecule has 1 aliphatic heterocycles. The molecule has 1 fully saturated rings. The Bertz CT molecular complexity index is 877. The zero-order valence-corrected chi connectivity index (χ0v) is 15.6. The molecule has 2 aromatic rings. The lowest BCUT2D eigenvalue weighted by atomic mass is 10.2. The quantitative estimate of drug-likeness (QED) is 0.843. The standard InChI is InChI=1S/C19H22N2O4S/c1-3-25-17-8-6-16(7-9-17)21-13-15(12-19(21)22)20-26(23,24)18-10-4-14(2)5-11-18/h4-11,15,20H,3,12-13H2,1-2H3/t15-/m0/s1. The van der Waals surface area contributed by atoms with Crippen molar-refractivity contribution < 1.29 is 17.9 Å². The third-order valence-electron chi connectivity index (χ3n) is 4.24. The Morgan fingerprint density at radius 2 is 1.77 bits per heavy atom. The first kappa shape index (κ1) is 18.4. The van der Waals surface area contributed by atoms with Crippen LogP contribution >= 0.6 is 0 Å². The van der Waals surface area contributed by atoms with Gasteiger partial charge in [0, 0.05) is 24.7 Å². The molecule has 0 aliphatic carbocycles. The zero-order valence-electron chi connectivity index (χ0n) is 14.8. The molecule has 0 spiro atoms. The average Bonchev–Trinajstić information content (AvgIpc) is 2.96. The summed E-state index contributed by atoms with van der Waals surface area (Å²) in [5.74, 6) is 0.630. The molecule has 6 nitrogen and oxygen atoms in total. The smallest absolute Gasteiger partial charge is 0.240 e. The summed E-state index contributed by atoms with van der Waals surface area (Å²) in [4.78, 5) is 14.1. The molecule has 7 heteroatoms. The first-order chi connectivity index (χ1) is 12.4. The third kappa shape index (κ3) is 4.05. The highest BCUT2D eigenvalue weighted by molar-refractivity contribution is 7.89. The van der Waals surface area contributed by atoms with Gasteiger partial charge in [-0.15, -0.1) is 0 Å². The van der Waals surface area contributed by atoms with Gasteiger partial charge in [0.2, 0.25) is 15.9 Å². The van der Waals surface area contributed by atoms with Gasteiger partial charge in [0.15, 0.2) is 0 Å². The number of hydrogen-bond donors (Lipinski definition) is 1. The van der Waals surface area contributed by atoms with Gasteiger partial charge in [0.1, 0.15) is 5.75 Å². The van der Waals surface area contributed by atoms with Crippen LogP contribution in [0.5, 0.6) is 5.75 Å². The Labute approximate surface area is 153 Å². The summed E-state index contributed by atoms with van der Waals surface area (Å²) in [5, 5.41) is 0. The topological polar surface area (TPSA) is 75.7 Å². The number of anilines is 1. The van der Waals surface area contributed by atoms with Crippen molar-refractivity contribution in [1.29, 1.82) is 0 Å². The van der Waals surface area contributed by atoms with Crippen LogP contribution in [0.2, 0.25) is 0 Å². The van der Waals surface area contributed by atoms with Gasteiger partial charge in [-0.3, -0.25) is 4.79 Å². The van der Waals surface area contributed by atoms with Gasteiger partial charge in [-0.2, -0.15) is 0 Å². The molecule has 1 saturated heterocycles. The molecule has 1 amide bonds. The van der Waals surface area contributed by atoms with Crippen molar-refractivity contribution in [1.82, 2.24) is 4.72 Å². The Morgan fingerprint density at radius 1 is 1.12 bits per heavy atom. The number of nitrogens with zero attached hydrogens (tertiary/aromatic N) is 1. The van der Waals surface area contributed by atoms with Crippen LogP contribution in [0.1, 0.15) is 18.9 Å². The van der Waals surface area contributed by atoms with E-state index >= 15 is 0 Å². The maximum Gasteiger partial charge on any atom is 0.240 e. The number of benzene rings is 2. The molecule has 3 rings (SSSR count). The van der Waals surface area contributed by atoms with Crippen molar-refractivity contribution in [2.45, 2.75) is 31.2 Å². The van der Waals surface area contributed by atoms with E-state index in [2.05, 4.69) is 4.72 Å². The van der Waals surface area contributed by atoms with Crippen molar-refractivity contribution in [3.63, 3.8) is 0 Å². The van der Waals surface area contributed by atoms with Crippen LogP contribution < -0.4 is 14.4 Å². The van der Waals surface area contributed by atoms with E-state index in [1.165, 1.54) is 0 Å². The largest absolute Gasteiger partial charge is 0.494 e. The van der Waals surface area contributed by atoms with Gasteiger partial charge in [-0.25, -0.2) is 13.1 Å². The molecule has 1 aliphatic rings. The normalized spacial score (nSPS) is 17.5. The lowest BCUT2D eigenvalue weighted by Crippen LogP contribution is -2.37. The lowest BCUT2D eigenvalue weighted by molar-refractivity contribution is -0.117. The molecular weight excluding hydrogens is 352 g/mol. The first-order valence-corrected chi connectivity index (χ1v) is 9.99. The second kappa shape index (κ2) is 7.47. The number of carbonyl (C=O) groups is 1. The zero-order chi connectivity index (χ0) is 18.7. The number of ether oxygens (including phenoxy) is 1. The summed E-state index contributed by atoms with van der Waals surface area (Å²) in [6, 6.07) is 13.4. The van der Waals surface area contributed by atoms with E-state index in [9.17, 15) is 13.2 Å². The minimum absolute atomic E-state index is 0.106. The van der Waals surface area contributed by atoms with Crippen molar-refractivity contribution >= 4 is 21.6 Å². The Hall–Kier alpha value is -2.38. The molecule has 0 bridgehead atoms. The highest BCUT2D eigenvalue weighted by Gasteiger charge is 2.33. The number of sulfonamides is 1. The van der Waals surface area contributed by atoms with Crippen molar-refractivity contribution in [2.75, 3.05) is 18.1 Å². The van der Waals surface area contributed by atoms with E-state index in [-0.39, 0.29) is 17.2 Å². The minimum Gasteiger partial charge on any atom is -0.494 e. The van der Waals surface area contributed by atoms with Crippen LogP contribution in [0, 0.1) is 6.92 Å². The van der Waals surface area contributed by atoms with Gasteiger partial charge >= 0.3 is 0 Å². The van der Waals surface area contributed by atoms with E-state index in [0.29, 0.717) is 13.2 Å². The average molecular weight is 374 g/mol. The molecular formula is C19H22N2O4S. The third-order valence-corrected chi connectivity index (χ3v) is 5.77. The summed E-state index contributed by atoms with van der Waals surface area (Å²) in [6.07, 6.45) is 0.137. The monoisotopic (exact) mass is 374 g/mol. The summed E-state index contributed by atoms with van der Waals surface area (Å²) in [7, 11) is -3.65. The molecule has 0 saturated carbocycles. The molecule has 1 heterocycles. The number of carbonyl (C=O) groups excluding carboxylic acids is 1. The maximum atomic E-state index is 12.5. The Kier molecular flexibility index (Phi) is 5.29. The summed E-state index contributed by atoms with van der Waals surface area (Å²) in [5.41, 5.74) is 1.72. The fourth-order valence-electron chi connectivity index (χ4n) is 2.93. The lowest BCUT2D eigenvalue weighted by Gasteiger charge is -2.18. The molecule has 0 radical (unpaired) electrons.